The Bertz CT molecular complexity index is 653. The number of rotatable bonds is 2. The van der Waals surface area contributed by atoms with E-state index in [0.29, 0.717) is 5.56 Å². The molecule has 20 heavy (non-hydrogen) atoms. The Morgan fingerprint density at radius 2 is 1.85 bits per heavy atom. The molecule has 0 bridgehead atoms. The zero-order valence-corrected chi connectivity index (χ0v) is 11.6. The minimum absolute atomic E-state index is 0.00364. The van der Waals surface area contributed by atoms with E-state index < -0.39 is 11.7 Å². The maximum Gasteiger partial charge on any atom is 0.416 e. The van der Waals surface area contributed by atoms with E-state index in [1.54, 1.807) is 12.1 Å². The number of benzene rings is 2. The van der Waals surface area contributed by atoms with Gasteiger partial charge in [-0.25, -0.2) is 0 Å². The van der Waals surface area contributed by atoms with E-state index in [2.05, 4.69) is 20.9 Å². The number of hydrogen-bond donors (Lipinski definition) is 1. The molecule has 0 saturated heterocycles. The van der Waals surface area contributed by atoms with Gasteiger partial charge in [-0.15, -0.1) is 0 Å². The second-order valence-electron chi connectivity index (χ2n) is 4.01. The van der Waals surface area contributed by atoms with Gasteiger partial charge >= 0.3 is 6.18 Å². The normalized spacial score (nSPS) is 12.0. The van der Waals surface area contributed by atoms with Gasteiger partial charge in [0.05, 0.1) is 11.3 Å². The first-order chi connectivity index (χ1) is 9.36. The second-order valence-corrected chi connectivity index (χ2v) is 4.93. The highest BCUT2D eigenvalue weighted by Crippen LogP contribution is 2.31. The molecular weight excluding hydrogens is 335 g/mol. The fraction of sp³-hybridized carbons (Fsp3) is 0.0714. The molecule has 0 atom stereocenters. The van der Waals surface area contributed by atoms with Crippen LogP contribution in [0.5, 0.6) is 5.75 Å². The number of phenols is 1. The van der Waals surface area contributed by atoms with Crippen LogP contribution in [0, 0.1) is 0 Å². The first-order valence-electron chi connectivity index (χ1n) is 5.56. The van der Waals surface area contributed by atoms with Gasteiger partial charge in [0.15, 0.2) is 0 Å². The summed E-state index contributed by atoms with van der Waals surface area (Å²) in [4.78, 5) is 3.95. The summed E-state index contributed by atoms with van der Waals surface area (Å²) in [6.45, 7) is 0. The second kappa shape index (κ2) is 5.66. The van der Waals surface area contributed by atoms with Gasteiger partial charge in [0.25, 0.3) is 0 Å². The number of aliphatic imine (C=N–C) groups is 1. The number of nitrogens with zero attached hydrogens (tertiary/aromatic N) is 1. The predicted molar refractivity (Wildman–Crippen MR) is 74.5 cm³/mol. The van der Waals surface area contributed by atoms with Crippen molar-refractivity contribution in [1.82, 2.24) is 0 Å². The lowest BCUT2D eigenvalue weighted by molar-refractivity contribution is -0.137. The maximum absolute atomic E-state index is 12.6. The van der Waals surface area contributed by atoms with Crippen molar-refractivity contribution in [1.29, 1.82) is 0 Å². The largest absolute Gasteiger partial charge is 0.507 e. The van der Waals surface area contributed by atoms with Gasteiger partial charge < -0.3 is 5.11 Å². The molecule has 104 valence electrons. The Kier molecular flexibility index (Phi) is 4.13. The van der Waals surface area contributed by atoms with Crippen molar-refractivity contribution in [2.75, 3.05) is 0 Å². The minimum Gasteiger partial charge on any atom is -0.507 e. The summed E-state index contributed by atoms with van der Waals surface area (Å²) in [6.07, 6.45) is -3.08. The molecular formula is C14H9BrF3NO. The van der Waals surface area contributed by atoms with Crippen LogP contribution in [0.15, 0.2) is 51.9 Å². The zero-order valence-electron chi connectivity index (χ0n) is 10.0. The van der Waals surface area contributed by atoms with Crippen molar-refractivity contribution in [3.63, 3.8) is 0 Å². The summed E-state index contributed by atoms with van der Waals surface area (Å²) < 4.78 is 38.4. The highest BCUT2D eigenvalue weighted by Gasteiger charge is 2.30. The first kappa shape index (κ1) is 14.6. The highest BCUT2D eigenvalue weighted by atomic mass is 79.9. The number of phenolic OH excluding ortho intramolecular Hbond substituents is 1. The molecule has 2 rings (SSSR count). The van der Waals surface area contributed by atoms with Gasteiger partial charge in [-0.3, -0.25) is 4.99 Å². The summed E-state index contributed by atoms with van der Waals surface area (Å²) in [5, 5.41) is 9.60. The van der Waals surface area contributed by atoms with Crippen molar-refractivity contribution >= 4 is 27.8 Å². The number of alkyl halides is 3. The van der Waals surface area contributed by atoms with Gasteiger partial charge in [0, 0.05) is 16.3 Å². The molecule has 0 heterocycles. The van der Waals surface area contributed by atoms with Crippen molar-refractivity contribution in [2.45, 2.75) is 6.18 Å². The van der Waals surface area contributed by atoms with Crippen LogP contribution in [-0.4, -0.2) is 11.3 Å². The number of halogens is 4. The minimum atomic E-state index is -4.40. The third-order valence-electron chi connectivity index (χ3n) is 2.52. The molecule has 0 amide bonds. The van der Waals surface area contributed by atoms with Gasteiger partial charge in [-0.05, 0) is 36.4 Å². The molecule has 2 aromatic carbocycles. The Labute approximate surface area is 121 Å². The first-order valence-corrected chi connectivity index (χ1v) is 6.35. The fourth-order valence-electron chi connectivity index (χ4n) is 1.54. The quantitative estimate of drug-likeness (QED) is 0.771. The van der Waals surface area contributed by atoms with Crippen LogP contribution in [0.2, 0.25) is 0 Å². The van der Waals surface area contributed by atoms with Gasteiger partial charge in [0.1, 0.15) is 5.75 Å². The van der Waals surface area contributed by atoms with Crippen LogP contribution in [-0.2, 0) is 6.18 Å². The standard InChI is InChI=1S/C14H9BrF3NO/c15-11-4-5-13(20)9(6-11)8-19-12-3-1-2-10(7-12)14(16,17)18/h1-8,20H/b19-8+. The van der Waals surface area contributed by atoms with Gasteiger partial charge in [-0.2, -0.15) is 13.2 Å². The SMILES string of the molecule is Oc1ccc(Br)cc1/C=N/c1cccc(C(F)(F)F)c1. The Morgan fingerprint density at radius 1 is 1.10 bits per heavy atom. The fourth-order valence-corrected chi connectivity index (χ4v) is 1.91. The number of aromatic hydroxyl groups is 1. The lowest BCUT2D eigenvalue weighted by Gasteiger charge is -2.06. The lowest BCUT2D eigenvalue weighted by atomic mass is 10.2. The topological polar surface area (TPSA) is 32.6 Å². The molecule has 2 nitrogen and oxygen atoms in total. The van der Waals surface area contributed by atoms with Crippen LogP contribution >= 0.6 is 15.9 Å². The van der Waals surface area contributed by atoms with E-state index in [0.717, 1.165) is 16.6 Å². The molecule has 0 radical (unpaired) electrons. The Morgan fingerprint density at radius 3 is 2.55 bits per heavy atom. The predicted octanol–water partition coefficient (Wildman–Crippen LogP) is 4.92. The van der Waals surface area contributed by atoms with Crippen molar-refractivity contribution < 1.29 is 18.3 Å². The zero-order chi connectivity index (χ0) is 14.8. The van der Waals surface area contributed by atoms with Crippen molar-refractivity contribution in [3.05, 3.63) is 58.1 Å². The summed E-state index contributed by atoms with van der Waals surface area (Å²) in [7, 11) is 0. The molecule has 0 aliphatic heterocycles. The van der Waals surface area contributed by atoms with E-state index in [4.69, 9.17) is 0 Å². The van der Waals surface area contributed by atoms with Crippen LogP contribution in [0.1, 0.15) is 11.1 Å². The lowest BCUT2D eigenvalue weighted by Crippen LogP contribution is -2.03. The number of hydrogen-bond acceptors (Lipinski definition) is 2. The van der Waals surface area contributed by atoms with Gasteiger partial charge in [0.2, 0.25) is 0 Å². The Balaban J connectivity index is 2.30. The molecule has 2 aromatic rings. The molecule has 0 saturated carbocycles. The van der Waals surface area contributed by atoms with E-state index in [-0.39, 0.29) is 11.4 Å². The van der Waals surface area contributed by atoms with Crippen molar-refractivity contribution in [3.8, 4) is 5.75 Å². The summed E-state index contributed by atoms with van der Waals surface area (Å²) in [5.74, 6) is 0.00364. The van der Waals surface area contributed by atoms with Crippen LogP contribution in [0.3, 0.4) is 0 Å². The average molecular weight is 344 g/mol. The van der Waals surface area contributed by atoms with E-state index in [1.165, 1.54) is 24.4 Å². The summed E-state index contributed by atoms with van der Waals surface area (Å²) in [6, 6.07) is 9.42. The molecule has 6 heteroatoms. The highest BCUT2D eigenvalue weighted by molar-refractivity contribution is 9.10. The van der Waals surface area contributed by atoms with E-state index in [1.807, 2.05) is 0 Å². The molecule has 0 aromatic heterocycles. The molecule has 0 unspecified atom stereocenters. The van der Waals surface area contributed by atoms with E-state index >= 15 is 0 Å². The smallest absolute Gasteiger partial charge is 0.416 e. The summed E-state index contributed by atoms with van der Waals surface area (Å²) >= 11 is 3.24. The average Bonchev–Trinajstić information content (AvgIpc) is 2.39. The summed E-state index contributed by atoms with van der Waals surface area (Å²) in [5.41, 5.74) is -0.179. The Hall–Kier alpha value is -1.82. The molecule has 0 fully saturated rings. The third kappa shape index (κ3) is 3.60. The van der Waals surface area contributed by atoms with Gasteiger partial charge in [-0.1, -0.05) is 22.0 Å². The monoisotopic (exact) mass is 343 g/mol. The molecule has 0 spiro atoms. The third-order valence-corrected chi connectivity index (χ3v) is 3.01. The van der Waals surface area contributed by atoms with Crippen LogP contribution < -0.4 is 0 Å². The molecule has 0 aliphatic rings. The van der Waals surface area contributed by atoms with Crippen LogP contribution in [0.4, 0.5) is 18.9 Å². The van der Waals surface area contributed by atoms with E-state index in [9.17, 15) is 18.3 Å². The maximum atomic E-state index is 12.6. The molecule has 0 aliphatic carbocycles. The molecule has 1 N–H and O–H groups in total. The van der Waals surface area contributed by atoms with Crippen LogP contribution in [0.25, 0.3) is 0 Å². The van der Waals surface area contributed by atoms with Crippen molar-refractivity contribution in [2.24, 2.45) is 4.99 Å².